The van der Waals surface area contributed by atoms with Crippen LogP contribution in [0.2, 0.25) is 0 Å². The summed E-state index contributed by atoms with van der Waals surface area (Å²) in [6.07, 6.45) is 3.87. The lowest BCUT2D eigenvalue weighted by Crippen LogP contribution is -2.26. The van der Waals surface area contributed by atoms with Gasteiger partial charge in [-0.3, -0.25) is 9.58 Å². The Hall–Kier alpha value is -1.34. The van der Waals surface area contributed by atoms with Crippen LogP contribution in [0.5, 0.6) is 0 Å². The Kier molecular flexibility index (Phi) is 3.66. The average Bonchev–Trinajstić information content (AvgIpc) is 2.64. The van der Waals surface area contributed by atoms with Crippen molar-refractivity contribution in [3.8, 4) is 6.07 Å². The fourth-order valence-electron chi connectivity index (χ4n) is 1.18. The van der Waals surface area contributed by atoms with Crippen LogP contribution in [0, 0.1) is 11.3 Å². The number of hydrogen-bond donors (Lipinski definition) is 0. The first kappa shape index (κ1) is 10.7. The van der Waals surface area contributed by atoms with E-state index in [0.29, 0.717) is 0 Å². The largest absolute Gasteiger partial charge is 0.287 e. The summed E-state index contributed by atoms with van der Waals surface area (Å²) >= 11 is 0. The van der Waals surface area contributed by atoms with Crippen LogP contribution in [0.4, 0.5) is 0 Å². The maximum absolute atomic E-state index is 8.72. The second-order valence-corrected chi connectivity index (χ2v) is 3.42. The molecule has 0 N–H and O–H groups in total. The number of rotatable bonds is 4. The van der Waals surface area contributed by atoms with E-state index in [9.17, 15) is 0 Å². The molecule has 0 fully saturated rings. The third-order valence-corrected chi connectivity index (χ3v) is 2.29. The van der Waals surface area contributed by atoms with E-state index in [1.54, 1.807) is 0 Å². The van der Waals surface area contributed by atoms with Crippen molar-refractivity contribution in [2.45, 2.75) is 33.0 Å². The molecule has 0 radical (unpaired) electrons. The molecule has 1 aromatic heterocycles. The fraction of sp³-hybridized carbons (Fsp3) is 0.600. The maximum atomic E-state index is 8.72. The average molecular weight is 192 g/mol. The zero-order valence-electron chi connectivity index (χ0n) is 8.94. The predicted octanol–water partition coefficient (Wildman–Crippen LogP) is 1.25. The molecule has 0 aliphatic heterocycles. The van der Waals surface area contributed by atoms with E-state index >= 15 is 0 Å². The Morgan fingerprint density at radius 2 is 2.43 bits per heavy atom. The number of hydrogen-bond acceptors (Lipinski definition) is 3. The Labute approximate surface area is 84.7 Å². The lowest BCUT2D eigenvalue weighted by Gasteiger charge is -2.17. The molecule has 0 bridgehead atoms. The van der Waals surface area contributed by atoms with Gasteiger partial charge in [-0.15, -0.1) is 0 Å². The molecule has 1 rings (SSSR count). The van der Waals surface area contributed by atoms with Crippen LogP contribution in [-0.4, -0.2) is 27.8 Å². The lowest BCUT2D eigenvalue weighted by molar-refractivity contribution is 0.294. The summed E-state index contributed by atoms with van der Waals surface area (Å²) in [6, 6.07) is 2.15. The van der Waals surface area contributed by atoms with E-state index in [4.69, 9.17) is 5.26 Å². The van der Waals surface area contributed by atoms with Gasteiger partial charge in [0.2, 0.25) is 0 Å². The molecule has 4 heteroatoms. The zero-order valence-corrected chi connectivity index (χ0v) is 8.94. The van der Waals surface area contributed by atoms with Crippen molar-refractivity contribution >= 4 is 0 Å². The minimum Gasteiger partial charge on any atom is -0.287 e. The quantitative estimate of drug-likeness (QED) is 0.721. The van der Waals surface area contributed by atoms with Crippen molar-refractivity contribution in [2.24, 2.45) is 0 Å². The van der Waals surface area contributed by atoms with E-state index in [2.05, 4.69) is 18.1 Å². The van der Waals surface area contributed by atoms with Gasteiger partial charge in [0.1, 0.15) is 0 Å². The first-order valence-electron chi connectivity index (χ1n) is 4.78. The van der Waals surface area contributed by atoms with Gasteiger partial charge in [-0.25, -0.2) is 0 Å². The van der Waals surface area contributed by atoms with Crippen molar-refractivity contribution in [1.29, 1.82) is 5.26 Å². The molecule has 76 valence electrons. The molecule has 0 spiro atoms. The second-order valence-electron chi connectivity index (χ2n) is 3.42. The molecular weight excluding hydrogens is 176 g/mol. The van der Waals surface area contributed by atoms with Gasteiger partial charge in [0.25, 0.3) is 0 Å². The van der Waals surface area contributed by atoms with E-state index in [1.807, 2.05) is 35.9 Å². The minimum atomic E-state index is -0.0556. The minimum absolute atomic E-state index is 0.0556. The Morgan fingerprint density at radius 3 is 2.93 bits per heavy atom. The van der Waals surface area contributed by atoms with Crippen molar-refractivity contribution in [3.63, 3.8) is 0 Å². The molecule has 0 saturated carbocycles. The van der Waals surface area contributed by atoms with Crippen LogP contribution in [-0.2, 0) is 13.1 Å². The summed E-state index contributed by atoms with van der Waals surface area (Å²) < 4.78 is 1.89. The Bertz CT molecular complexity index is 323. The molecule has 1 atom stereocenters. The first-order chi connectivity index (χ1) is 6.67. The highest BCUT2D eigenvalue weighted by Crippen LogP contribution is 2.04. The summed E-state index contributed by atoms with van der Waals surface area (Å²) in [5, 5.41) is 12.9. The third-order valence-electron chi connectivity index (χ3n) is 2.29. The van der Waals surface area contributed by atoms with E-state index in [1.165, 1.54) is 0 Å². The normalized spacial score (nSPS) is 12.8. The first-order valence-corrected chi connectivity index (χ1v) is 4.78. The molecule has 1 aromatic rings. The summed E-state index contributed by atoms with van der Waals surface area (Å²) in [6.45, 7) is 5.61. The highest BCUT2D eigenvalue weighted by Gasteiger charge is 2.08. The summed E-state index contributed by atoms with van der Waals surface area (Å²) in [5.74, 6) is 0. The molecule has 0 saturated heterocycles. The van der Waals surface area contributed by atoms with E-state index < -0.39 is 0 Å². The number of aromatic nitrogens is 2. The van der Waals surface area contributed by atoms with Gasteiger partial charge in [0.05, 0.1) is 18.3 Å². The van der Waals surface area contributed by atoms with Crippen LogP contribution >= 0.6 is 0 Å². The van der Waals surface area contributed by atoms with Crippen LogP contribution in [0.3, 0.4) is 0 Å². The summed E-state index contributed by atoms with van der Waals surface area (Å²) in [5.41, 5.74) is 1.15. The number of aryl methyl sites for hydroxylation is 1. The molecule has 1 unspecified atom stereocenters. The van der Waals surface area contributed by atoms with Crippen LogP contribution in [0.15, 0.2) is 12.4 Å². The SMILES string of the molecule is CCn1cc(CN(C)C(C)C#N)cn1. The van der Waals surface area contributed by atoms with Gasteiger partial charge < -0.3 is 0 Å². The van der Waals surface area contributed by atoms with Gasteiger partial charge in [-0.1, -0.05) is 0 Å². The molecule has 0 amide bonds. The van der Waals surface area contributed by atoms with Gasteiger partial charge in [-0.05, 0) is 20.9 Å². The Balaban J connectivity index is 2.56. The topological polar surface area (TPSA) is 44.9 Å². The maximum Gasteiger partial charge on any atom is 0.0949 e. The van der Waals surface area contributed by atoms with E-state index in [-0.39, 0.29) is 6.04 Å². The second kappa shape index (κ2) is 4.77. The van der Waals surface area contributed by atoms with Crippen LogP contribution in [0.1, 0.15) is 19.4 Å². The van der Waals surface area contributed by atoms with Gasteiger partial charge >= 0.3 is 0 Å². The summed E-state index contributed by atoms with van der Waals surface area (Å²) in [4.78, 5) is 2.00. The van der Waals surface area contributed by atoms with Crippen LogP contribution < -0.4 is 0 Å². The molecule has 4 nitrogen and oxygen atoms in total. The molecule has 0 aromatic carbocycles. The number of nitriles is 1. The molecular formula is C10H16N4. The smallest absolute Gasteiger partial charge is 0.0949 e. The lowest BCUT2D eigenvalue weighted by atomic mass is 10.3. The number of nitrogens with zero attached hydrogens (tertiary/aromatic N) is 4. The van der Waals surface area contributed by atoms with Gasteiger partial charge in [-0.2, -0.15) is 10.4 Å². The van der Waals surface area contributed by atoms with Crippen molar-refractivity contribution in [1.82, 2.24) is 14.7 Å². The van der Waals surface area contributed by atoms with Crippen molar-refractivity contribution in [2.75, 3.05) is 7.05 Å². The fourth-order valence-corrected chi connectivity index (χ4v) is 1.18. The van der Waals surface area contributed by atoms with Gasteiger partial charge in [0.15, 0.2) is 0 Å². The monoisotopic (exact) mass is 192 g/mol. The highest BCUT2D eigenvalue weighted by molar-refractivity contribution is 5.04. The van der Waals surface area contributed by atoms with Crippen molar-refractivity contribution < 1.29 is 0 Å². The highest BCUT2D eigenvalue weighted by atomic mass is 15.3. The van der Waals surface area contributed by atoms with Crippen LogP contribution in [0.25, 0.3) is 0 Å². The third kappa shape index (κ3) is 2.57. The van der Waals surface area contributed by atoms with Crippen molar-refractivity contribution in [3.05, 3.63) is 18.0 Å². The van der Waals surface area contributed by atoms with Gasteiger partial charge in [0, 0.05) is 24.8 Å². The molecule has 14 heavy (non-hydrogen) atoms. The zero-order chi connectivity index (χ0) is 10.6. The summed E-state index contributed by atoms with van der Waals surface area (Å²) in [7, 11) is 1.94. The Morgan fingerprint density at radius 1 is 1.71 bits per heavy atom. The standard InChI is InChI=1S/C10H16N4/c1-4-14-8-10(6-12-14)7-13(3)9(2)5-11/h6,8-9H,4,7H2,1-3H3. The molecule has 1 heterocycles. The molecule has 0 aliphatic carbocycles. The predicted molar refractivity (Wildman–Crippen MR) is 54.4 cm³/mol. The molecule has 0 aliphatic rings. The van der Waals surface area contributed by atoms with E-state index in [0.717, 1.165) is 18.7 Å².